The van der Waals surface area contributed by atoms with Crippen LogP contribution in [-0.2, 0) is 0 Å². The number of rotatable bonds is 5. The number of nitriles is 1. The monoisotopic (exact) mass is 234 g/mol. The average Bonchev–Trinajstić information content (AvgIpc) is 2.23. The molecule has 92 valence electrons. The molecule has 0 radical (unpaired) electrons. The van der Waals surface area contributed by atoms with E-state index in [2.05, 4.69) is 15.2 Å². The van der Waals surface area contributed by atoms with Gasteiger partial charge in [-0.05, 0) is 27.1 Å². The van der Waals surface area contributed by atoms with Crippen molar-refractivity contribution in [2.24, 2.45) is 0 Å². The largest absolute Gasteiger partial charge is 0.397 e. The first-order chi connectivity index (χ1) is 8.04. The number of pyridine rings is 1. The van der Waals surface area contributed by atoms with Crippen molar-refractivity contribution < 1.29 is 0 Å². The molecule has 0 amide bonds. The Balaban J connectivity index is 2.67. The molecule has 17 heavy (non-hydrogen) atoms. The Morgan fingerprint density at radius 2 is 2.18 bits per heavy atom. The minimum absolute atomic E-state index is 0.316. The first kappa shape index (κ1) is 13.1. The third kappa shape index (κ3) is 3.81. The maximum Gasteiger partial charge on any atom is 0.148 e. The van der Waals surface area contributed by atoms with Crippen LogP contribution in [0.15, 0.2) is 6.07 Å². The van der Waals surface area contributed by atoms with Gasteiger partial charge >= 0.3 is 0 Å². The lowest BCUT2D eigenvalue weighted by atomic mass is 10.2. The molecular weight excluding hydrogens is 216 g/mol. The average molecular weight is 234 g/mol. The van der Waals surface area contributed by atoms with Crippen LogP contribution >= 0.6 is 0 Å². The van der Waals surface area contributed by atoms with Crippen molar-refractivity contribution in [2.75, 3.05) is 44.0 Å². The summed E-state index contributed by atoms with van der Waals surface area (Å²) in [6.45, 7) is 1.69. The van der Waals surface area contributed by atoms with Crippen molar-refractivity contribution in [1.29, 1.82) is 5.26 Å². The molecule has 0 atom stereocenters. The van der Waals surface area contributed by atoms with Crippen LogP contribution in [0.1, 0.15) is 12.0 Å². The minimum Gasteiger partial charge on any atom is -0.397 e. The summed E-state index contributed by atoms with van der Waals surface area (Å²) in [6, 6.07) is 3.51. The quantitative estimate of drug-likeness (QED) is 0.640. The van der Waals surface area contributed by atoms with Crippen LogP contribution in [-0.4, -0.2) is 37.1 Å². The van der Waals surface area contributed by atoms with Gasteiger partial charge in [0, 0.05) is 12.6 Å². The zero-order chi connectivity index (χ0) is 12.8. The zero-order valence-corrected chi connectivity index (χ0v) is 10.2. The van der Waals surface area contributed by atoms with Crippen LogP contribution in [0.5, 0.6) is 0 Å². The number of anilines is 3. The second kappa shape index (κ2) is 5.92. The summed E-state index contributed by atoms with van der Waals surface area (Å²) < 4.78 is 0. The van der Waals surface area contributed by atoms with Crippen molar-refractivity contribution in [1.82, 2.24) is 9.88 Å². The van der Waals surface area contributed by atoms with Crippen LogP contribution < -0.4 is 16.8 Å². The Morgan fingerprint density at radius 3 is 2.76 bits per heavy atom. The van der Waals surface area contributed by atoms with Crippen molar-refractivity contribution in [3.8, 4) is 6.07 Å². The van der Waals surface area contributed by atoms with Gasteiger partial charge in [-0.15, -0.1) is 0 Å². The molecule has 0 aliphatic rings. The lowest BCUT2D eigenvalue weighted by Gasteiger charge is -2.12. The maximum absolute atomic E-state index is 8.98. The molecule has 0 aliphatic heterocycles. The maximum atomic E-state index is 8.98. The molecule has 1 rings (SSSR count). The van der Waals surface area contributed by atoms with Crippen molar-refractivity contribution in [3.05, 3.63) is 11.6 Å². The molecule has 0 saturated carbocycles. The van der Waals surface area contributed by atoms with Crippen LogP contribution in [0.2, 0.25) is 0 Å². The Morgan fingerprint density at radius 1 is 1.47 bits per heavy atom. The highest BCUT2D eigenvalue weighted by Gasteiger charge is 2.08. The van der Waals surface area contributed by atoms with E-state index < -0.39 is 0 Å². The molecule has 0 bridgehead atoms. The van der Waals surface area contributed by atoms with Crippen LogP contribution in [0.3, 0.4) is 0 Å². The second-order valence-electron chi connectivity index (χ2n) is 4.06. The third-order valence-corrected chi connectivity index (χ3v) is 2.26. The SMILES string of the molecule is CN(C)CCCNc1nc(N)cc(N)c1C#N. The fourth-order valence-corrected chi connectivity index (χ4v) is 1.43. The second-order valence-corrected chi connectivity index (χ2v) is 4.06. The zero-order valence-electron chi connectivity index (χ0n) is 10.2. The van der Waals surface area contributed by atoms with Crippen LogP contribution in [0, 0.1) is 11.3 Å². The Kier molecular flexibility index (Phi) is 4.55. The van der Waals surface area contributed by atoms with E-state index in [4.69, 9.17) is 16.7 Å². The molecule has 1 aromatic rings. The van der Waals surface area contributed by atoms with E-state index in [0.717, 1.165) is 19.5 Å². The highest BCUT2D eigenvalue weighted by Crippen LogP contribution is 2.21. The van der Waals surface area contributed by atoms with Gasteiger partial charge in [-0.3, -0.25) is 0 Å². The van der Waals surface area contributed by atoms with Crippen molar-refractivity contribution in [2.45, 2.75) is 6.42 Å². The minimum atomic E-state index is 0.316. The topological polar surface area (TPSA) is 104 Å². The molecule has 5 N–H and O–H groups in total. The number of nitrogens with two attached hydrogens (primary N) is 2. The van der Waals surface area contributed by atoms with E-state index in [1.807, 2.05) is 20.2 Å². The summed E-state index contributed by atoms with van der Waals surface area (Å²) in [5.74, 6) is 0.778. The summed E-state index contributed by atoms with van der Waals surface area (Å²) in [4.78, 5) is 6.16. The first-order valence-corrected chi connectivity index (χ1v) is 5.39. The van der Waals surface area contributed by atoms with E-state index in [-0.39, 0.29) is 0 Å². The van der Waals surface area contributed by atoms with Gasteiger partial charge in [0.25, 0.3) is 0 Å². The number of hydrogen-bond donors (Lipinski definition) is 3. The number of aromatic nitrogens is 1. The van der Waals surface area contributed by atoms with Crippen LogP contribution in [0.4, 0.5) is 17.3 Å². The van der Waals surface area contributed by atoms with Gasteiger partial charge in [0.2, 0.25) is 0 Å². The molecule has 0 spiro atoms. The van der Waals surface area contributed by atoms with Gasteiger partial charge in [-0.2, -0.15) is 5.26 Å². The molecule has 1 aromatic heterocycles. The van der Waals surface area contributed by atoms with Gasteiger partial charge < -0.3 is 21.7 Å². The number of hydrogen-bond acceptors (Lipinski definition) is 6. The smallest absolute Gasteiger partial charge is 0.148 e. The number of nitrogens with one attached hydrogen (secondary N) is 1. The lowest BCUT2D eigenvalue weighted by Crippen LogP contribution is -2.17. The fourth-order valence-electron chi connectivity index (χ4n) is 1.43. The van der Waals surface area contributed by atoms with E-state index in [1.54, 1.807) is 0 Å². The predicted molar refractivity (Wildman–Crippen MR) is 69.4 cm³/mol. The Labute approximate surface area is 101 Å². The molecule has 0 fully saturated rings. The molecule has 0 aromatic carbocycles. The number of nitrogens with zero attached hydrogens (tertiary/aromatic N) is 3. The van der Waals surface area contributed by atoms with E-state index in [0.29, 0.717) is 22.9 Å². The summed E-state index contributed by atoms with van der Waals surface area (Å²) in [6.07, 6.45) is 0.953. The van der Waals surface area contributed by atoms with Crippen molar-refractivity contribution >= 4 is 17.3 Å². The van der Waals surface area contributed by atoms with E-state index >= 15 is 0 Å². The van der Waals surface area contributed by atoms with Gasteiger partial charge in [0.05, 0.1) is 5.69 Å². The normalized spacial score (nSPS) is 10.2. The summed E-state index contributed by atoms with van der Waals surface area (Å²) in [5.41, 5.74) is 12.0. The number of nitrogen functional groups attached to an aromatic ring is 2. The Hall–Kier alpha value is -2.00. The lowest BCUT2D eigenvalue weighted by molar-refractivity contribution is 0.405. The standard InChI is InChI=1S/C11H18N6/c1-17(2)5-3-4-15-11-8(7-12)9(13)6-10(14)16-11/h6H,3-5H2,1-2H3,(H5,13,14,15,16). The fraction of sp³-hybridized carbons (Fsp3) is 0.455. The first-order valence-electron chi connectivity index (χ1n) is 5.39. The summed E-state index contributed by atoms with van der Waals surface area (Å²) >= 11 is 0. The van der Waals surface area contributed by atoms with Gasteiger partial charge in [0.1, 0.15) is 23.3 Å². The molecule has 0 unspecified atom stereocenters. The Bertz CT molecular complexity index is 421. The predicted octanol–water partition coefficient (Wildman–Crippen LogP) is 0.481. The molecule has 0 aliphatic carbocycles. The van der Waals surface area contributed by atoms with E-state index in [1.165, 1.54) is 6.07 Å². The molecule has 6 nitrogen and oxygen atoms in total. The van der Waals surface area contributed by atoms with E-state index in [9.17, 15) is 0 Å². The van der Waals surface area contributed by atoms with Crippen LogP contribution in [0.25, 0.3) is 0 Å². The third-order valence-electron chi connectivity index (χ3n) is 2.26. The van der Waals surface area contributed by atoms with Gasteiger partial charge in [0.15, 0.2) is 0 Å². The summed E-state index contributed by atoms with van der Waals surface area (Å²) in [5, 5.41) is 12.1. The summed E-state index contributed by atoms with van der Waals surface area (Å²) in [7, 11) is 4.02. The van der Waals surface area contributed by atoms with Gasteiger partial charge in [-0.25, -0.2) is 4.98 Å². The molecule has 1 heterocycles. The van der Waals surface area contributed by atoms with Gasteiger partial charge in [-0.1, -0.05) is 0 Å². The highest BCUT2D eigenvalue weighted by atomic mass is 15.1. The molecule has 6 heteroatoms. The molecule has 0 saturated heterocycles. The van der Waals surface area contributed by atoms with Crippen molar-refractivity contribution in [3.63, 3.8) is 0 Å². The molecular formula is C11H18N6. The highest BCUT2D eigenvalue weighted by molar-refractivity contribution is 5.69.